The van der Waals surface area contributed by atoms with Gasteiger partial charge in [0.1, 0.15) is 5.82 Å². The zero-order valence-electron chi connectivity index (χ0n) is 9.77. The van der Waals surface area contributed by atoms with Gasteiger partial charge in [-0.25, -0.2) is 4.39 Å². The lowest BCUT2D eigenvalue weighted by molar-refractivity contribution is 0.0400. The van der Waals surface area contributed by atoms with Crippen molar-refractivity contribution in [2.75, 3.05) is 0 Å². The van der Waals surface area contributed by atoms with Crippen LogP contribution in [0.5, 0.6) is 0 Å². The van der Waals surface area contributed by atoms with E-state index in [1.54, 1.807) is 12.1 Å². The number of hydrogen-bond donors (Lipinski definition) is 2. The van der Waals surface area contributed by atoms with Crippen LogP contribution in [0, 0.1) is 11.2 Å². The van der Waals surface area contributed by atoms with Crippen molar-refractivity contribution >= 4 is 12.4 Å². The number of benzene rings is 1. The molecule has 92 valence electrons. The predicted octanol–water partition coefficient (Wildman–Crippen LogP) is 2.65. The van der Waals surface area contributed by atoms with Gasteiger partial charge in [0, 0.05) is 0 Å². The smallest absolute Gasteiger partial charge is 0.123 e. The SMILES string of the molecule is CC(C)(C)[C@@H](O)[C@@H](N)c1cccc(F)c1.Cl. The molecule has 0 unspecified atom stereocenters. The maximum absolute atomic E-state index is 13.0. The molecular formula is C12H19ClFNO. The van der Waals surface area contributed by atoms with Crippen LogP contribution in [-0.4, -0.2) is 11.2 Å². The van der Waals surface area contributed by atoms with Crippen molar-refractivity contribution in [3.05, 3.63) is 35.6 Å². The number of halogens is 2. The van der Waals surface area contributed by atoms with Crippen LogP contribution >= 0.6 is 12.4 Å². The van der Waals surface area contributed by atoms with Crippen LogP contribution in [0.15, 0.2) is 24.3 Å². The normalized spacial score (nSPS) is 15.1. The van der Waals surface area contributed by atoms with E-state index in [-0.39, 0.29) is 23.6 Å². The summed E-state index contributed by atoms with van der Waals surface area (Å²) in [5.74, 6) is -0.330. The molecule has 4 heteroatoms. The van der Waals surface area contributed by atoms with Gasteiger partial charge in [-0.3, -0.25) is 0 Å². The Morgan fingerprint density at radius 3 is 2.31 bits per heavy atom. The minimum absolute atomic E-state index is 0. The third-order valence-electron chi connectivity index (χ3n) is 2.46. The van der Waals surface area contributed by atoms with Crippen LogP contribution in [0.3, 0.4) is 0 Å². The molecule has 1 aromatic carbocycles. The Bertz CT molecular complexity index is 338. The van der Waals surface area contributed by atoms with Crippen molar-refractivity contribution in [3.63, 3.8) is 0 Å². The molecule has 0 aromatic heterocycles. The number of aliphatic hydroxyl groups is 1. The molecule has 2 nitrogen and oxygen atoms in total. The second kappa shape index (κ2) is 5.62. The predicted molar refractivity (Wildman–Crippen MR) is 66.0 cm³/mol. The molecular weight excluding hydrogens is 229 g/mol. The number of aliphatic hydroxyl groups excluding tert-OH is 1. The topological polar surface area (TPSA) is 46.2 Å². The maximum Gasteiger partial charge on any atom is 0.123 e. The molecule has 0 saturated carbocycles. The van der Waals surface area contributed by atoms with Gasteiger partial charge >= 0.3 is 0 Å². The molecule has 1 rings (SSSR count). The first-order valence-corrected chi connectivity index (χ1v) is 5.01. The van der Waals surface area contributed by atoms with Crippen LogP contribution in [0.2, 0.25) is 0 Å². The molecule has 0 amide bonds. The highest BCUT2D eigenvalue weighted by molar-refractivity contribution is 5.85. The summed E-state index contributed by atoms with van der Waals surface area (Å²) >= 11 is 0. The van der Waals surface area contributed by atoms with Crippen molar-refractivity contribution < 1.29 is 9.50 Å². The molecule has 0 fully saturated rings. The van der Waals surface area contributed by atoms with Gasteiger partial charge in [0.15, 0.2) is 0 Å². The first kappa shape index (κ1) is 15.4. The number of hydrogen-bond acceptors (Lipinski definition) is 2. The second-order valence-electron chi connectivity index (χ2n) is 4.89. The van der Waals surface area contributed by atoms with Gasteiger partial charge in [-0.1, -0.05) is 32.9 Å². The minimum Gasteiger partial charge on any atom is -0.391 e. The van der Waals surface area contributed by atoms with Crippen LogP contribution in [-0.2, 0) is 0 Å². The lowest BCUT2D eigenvalue weighted by Gasteiger charge is -2.31. The summed E-state index contributed by atoms with van der Waals surface area (Å²) in [6.45, 7) is 5.70. The fraction of sp³-hybridized carbons (Fsp3) is 0.500. The summed E-state index contributed by atoms with van der Waals surface area (Å²) in [6.07, 6.45) is -0.695. The van der Waals surface area contributed by atoms with E-state index in [9.17, 15) is 9.50 Å². The minimum atomic E-state index is -0.695. The molecule has 2 atom stereocenters. The third-order valence-corrected chi connectivity index (χ3v) is 2.46. The number of nitrogens with two attached hydrogens (primary N) is 1. The van der Waals surface area contributed by atoms with Crippen molar-refractivity contribution in [1.29, 1.82) is 0 Å². The lowest BCUT2D eigenvalue weighted by Crippen LogP contribution is -2.36. The van der Waals surface area contributed by atoms with Crippen LogP contribution in [0.1, 0.15) is 32.4 Å². The standard InChI is InChI=1S/C12H18FNO.ClH/c1-12(2,3)11(15)10(14)8-5-4-6-9(13)7-8;/h4-7,10-11,15H,14H2,1-3H3;1H/t10-,11-;/m0./s1. The molecule has 16 heavy (non-hydrogen) atoms. The molecule has 0 radical (unpaired) electrons. The Morgan fingerprint density at radius 2 is 1.88 bits per heavy atom. The molecule has 0 heterocycles. The Kier molecular flexibility index (Phi) is 5.39. The van der Waals surface area contributed by atoms with E-state index < -0.39 is 12.1 Å². The Balaban J connectivity index is 0.00000225. The van der Waals surface area contributed by atoms with Gasteiger partial charge in [-0.05, 0) is 23.1 Å². The third kappa shape index (κ3) is 3.74. The average Bonchev–Trinajstić information content (AvgIpc) is 2.14. The Hall–Kier alpha value is -0.640. The summed E-state index contributed by atoms with van der Waals surface area (Å²) in [7, 11) is 0. The zero-order valence-corrected chi connectivity index (χ0v) is 10.6. The largest absolute Gasteiger partial charge is 0.391 e. The van der Waals surface area contributed by atoms with E-state index >= 15 is 0 Å². The molecule has 0 saturated heterocycles. The van der Waals surface area contributed by atoms with Crippen molar-refractivity contribution in [2.24, 2.45) is 11.1 Å². The summed E-state index contributed by atoms with van der Waals surface area (Å²) in [4.78, 5) is 0. The molecule has 3 N–H and O–H groups in total. The molecule has 0 spiro atoms. The highest BCUT2D eigenvalue weighted by Crippen LogP contribution is 2.28. The van der Waals surface area contributed by atoms with Gasteiger partial charge in [0.05, 0.1) is 12.1 Å². The number of rotatable bonds is 2. The molecule has 0 aliphatic rings. The second-order valence-corrected chi connectivity index (χ2v) is 4.89. The average molecular weight is 248 g/mol. The first-order valence-electron chi connectivity index (χ1n) is 5.01. The Morgan fingerprint density at radius 1 is 1.31 bits per heavy atom. The van der Waals surface area contributed by atoms with E-state index in [1.165, 1.54) is 12.1 Å². The highest BCUT2D eigenvalue weighted by atomic mass is 35.5. The van der Waals surface area contributed by atoms with E-state index in [0.717, 1.165) is 0 Å². The molecule has 0 aliphatic carbocycles. The molecule has 1 aromatic rings. The van der Waals surface area contributed by atoms with Gasteiger partial charge in [-0.15, -0.1) is 12.4 Å². The van der Waals surface area contributed by atoms with Crippen molar-refractivity contribution in [1.82, 2.24) is 0 Å². The fourth-order valence-corrected chi connectivity index (χ4v) is 1.43. The van der Waals surface area contributed by atoms with Gasteiger partial charge in [0.25, 0.3) is 0 Å². The molecule has 0 bridgehead atoms. The first-order chi connectivity index (χ1) is 6.82. The quantitative estimate of drug-likeness (QED) is 0.844. The Labute approximate surface area is 102 Å². The monoisotopic (exact) mass is 247 g/mol. The van der Waals surface area contributed by atoms with E-state index in [0.29, 0.717) is 5.56 Å². The maximum atomic E-state index is 13.0. The van der Waals surface area contributed by atoms with Crippen molar-refractivity contribution in [2.45, 2.75) is 32.9 Å². The van der Waals surface area contributed by atoms with E-state index in [1.807, 2.05) is 20.8 Å². The summed E-state index contributed by atoms with van der Waals surface area (Å²) in [5.41, 5.74) is 6.19. The summed E-state index contributed by atoms with van der Waals surface area (Å²) in [6, 6.07) is 5.49. The summed E-state index contributed by atoms with van der Waals surface area (Å²) < 4.78 is 13.0. The fourth-order valence-electron chi connectivity index (χ4n) is 1.43. The van der Waals surface area contributed by atoms with E-state index in [4.69, 9.17) is 5.73 Å². The molecule has 0 aliphatic heterocycles. The van der Waals surface area contributed by atoms with Crippen molar-refractivity contribution in [3.8, 4) is 0 Å². The lowest BCUT2D eigenvalue weighted by atomic mass is 9.82. The van der Waals surface area contributed by atoms with Crippen LogP contribution in [0.4, 0.5) is 4.39 Å². The van der Waals surface area contributed by atoms with Gasteiger partial charge < -0.3 is 10.8 Å². The van der Waals surface area contributed by atoms with Gasteiger partial charge in [0.2, 0.25) is 0 Å². The van der Waals surface area contributed by atoms with Crippen LogP contribution in [0.25, 0.3) is 0 Å². The summed E-state index contributed by atoms with van der Waals surface area (Å²) in [5, 5.41) is 9.95. The van der Waals surface area contributed by atoms with E-state index in [2.05, 4.69) is 0 Å². The van der Waals surface area contributed by atoms with Crippen LogP contribution < -0.4 is 5.73 Å². The highest BCUT2D eigenvalue weighted by Gasteiger charge is 2.28. The zero-order chi connectivity index (χ0) is 11.6. The van der Waals surface area contributed by atoms with Gasteiger partial charge in [-0.2, -0.15) is 0 Å².